The Bertz CT molecular complexity index is 800. The van der Waals surface area contributed by atoms with E-state index in [0.29, 0.717) is 11.4 Å². The number of aryl methyl sites for hydroxylation is 1. The number of amides is 1. The van der Waals surface area contributed by atoms with E-state index in [-0.39, 0.29) is 18.6 Å². The highest BCUT2D eigenvalue weighted by atomic mass is 32.1. The number of hydrogen-bond acceptors (Lipinski definition) is 5. The van der Waals surface area contributed by atoms with Crippen LogP contribution in [0, 0.1) is 6.92 Å². The summed E-state index contributed by atoms with van der Waals surface area (Å²) in [5.41, 5.74) is 0.893. The summed E-state index contributed by atoms with van der Waals surface area (Å²) in [6.07, 6.45) is -1.29. The summed E-state index contributed by atoms with van der Waals surface area (Å²) >= 11 is 1.42. The molecule has 1 unspecified atom stereocenters. The first kappa shape index (κ1) is 16.7. The normalized spacial score (nSPS) is 21.0. The van der Waals surface area contributed by atoms with Gasteiger partial charge in [0.05, 0.1) is 24.6 Å². The summed E-state index contributed by atoms with van der Waals surface area (Å²) in [5, 5.41) is 10.2. The number of thiophene rings is 1. The summed E-state index contributed by atoms with van der Waals surface area (Å²) in [5.74, 6) is -0.445. The highest BCUT2D eigenvalue weighted by Crippen LogP contribution is 2.34. The highest BCUT2D eigenvalue weighted by Gasteiger charge is 2.34. The first-order chi connectivity index (χ1) is 11.4. The maximum atomic E-state index is 12.9. The predicted octanol–water partition coefficient (Wildman–Crippen LogP) is 2.53. The third-order valence-corrected chi connectivity index (χ3v) is 5.42. The number of ether oxygens (including phenoxy) is 2. The number of morpholine rings is 1. The number of benzene rings is 1. The van der Waals surface area contributed by atoms with E-state index in [1.54, 1.807) is 18.9 Å². The topological polar surface area (TPSA) is 76.1 Å². The Morgan fingerprint density at radius 2 is 2.12 bits per heavy atom. The zero-order chi connectivity index (χ0) is 17.4. The number of hydrogen-bond donors (Lipinski definition) is 1. The smallest absolute Gasteiger partial charge is 0.334 e. The molecular weight excluding hydrogens is 330 g/mol. The molecule has 6 nitrogen and oxygen atoms in total. The zero-order valence-electron chi connectivity index (χ0n) is 13.7. The van der Waals surface area contributed by atoms with Crippen LogP contribution in [0.3, 0.4) is 0 Å². The van der Waals surface area contributed by atoms with E-state index >= 15 is 0 Å². The Labute approximate surface area is 143 Å². The van der Waals surface area contributed by atoms with Crippen LogP contribution in [0.2, 0.25) is 0 Å². The summed E-state index contributed by atoms with van der Waals surface area (Å²) < 4.78 is 11.6. The summed E-state index contributed by atoms with van der Waals surface area (Å²) in [6.45, 7) is 4.14. The van der Waals surface area contributed by atoms with Crippen LogP contribution in [0.1, 0.15) is 22.2 Å². The Balaban J connectivity index is 1.93. The second-order valence-corrected chi connectivity index (χ2v) is 6.95. The van der Waals surface area contributed by atoms with Gasteiger partial charge in [0.25, 0.3) is 5.91 Å². The zero-order valence-corrected chi connectivity index (χ0v) is 14.6. The van der Waals surface area contributed by atoms with Gasteiger partial charge in [0, 0.05) is 11.2 Å². The van der Waals surface area contributed by atoms with Gasteiger partial charge >= 0.3 is 5.97 Å². The van der Waals surface area contributed by atoms with Crippen molar-refractivity contribution >= 4 is 33.3 Å². The minimum absolute atomic E-state index is 0.0650. The number of carbonyl (C=O) groups excluding carboxylic acids is 1. The number of nitrogens with zero attached hydrogens (tertiary/aromatic N) is 1. The number of carbonyl (C=O) groups is 2. The van der Waals surface area contributed by atoms with Crippen molar-refractivity contribution in [3.05, 3.63) is 28.6 Å². The standard InChI is InChI=1S/C17H19NO5S/c1-9-7-18(8-13(23-9)17(20)21)16(19)15-10(2)12-6-11(22-3)4-5-14(12)24-15/h4-6,9,13H,7-8H2,1-3H3,(H,20,21)/t9-,13?/m1/s1. The monoisotopic (exact) mass is 349 g/mol. The molecule has 7 heteroatoms. The lowest BCUT2D eigenvalue weighted by Crippen LogP contribution is -2.51. The largest absolute Gasteiger partial charge is 0.497 e. The van der Waals surface area contributed by atoms with Crippen molar-refractivity contribution in [2.75, 3.05) is 20.2 Å². The number of methoxy groups -OCH3 is 1. The van der Waals surface area contributed by atoms with Crippen LogP contribution in [0.15, 0.2) is 18.2 Å². The molecule has 2 heterocycles. The van der Waals surface area contributed by atoms with E-state index in [0.717, 1.165) is 21.4 Å². The molecule has 24 heavy (non-hydrogen) atoms. The lowest BCUT2D eigenvalue weighted by atomic mass is 10.1. The molecular formula is C17H19NO5S. The molecule has 0 radical (unpaired) electrons. The number of aliphatic carboxylic acids is 1. The van der Waals surface area contributed by atoms with Gasteiger partial charge in [-0.25, -0.2) is 4.79 Å². The van der Waals surface area contributed by atoms with Gasteiger partial charge in [-0.05, 0) is 43.0 Å². The van der Waals surface area contributed by atoms with E-state index in [1.807, 2.05) is 25.1 Å². The van der Waals surface area contributed by atoms with Crippen molar-refractivity contribution in [3.8, 4) is 5.75 Å². The van der Waals surface area contributed by atoms with Crippen LogP contribution in [-0.2, 0) is 9.53 Å². The summed E-state index contributed by atoms with van der Waals surface area (Å²) in [7, 11) is 1.61. The molecule has 1 amide bonds. The predicted molar refractivity (Wildman–Crippen MR) is 91.0 cm³/mol. The number of carboxylic acid groups (broad SMARTS) is 1. The molecule has 0 spiro atoms. The quantitative estimate of drug-likeness (QED) is 0.921. The third kappa shape index (κ3) is 2.97. The Morgan fingerprint density at radius 3 is 2.79 bits per heavy atom. The lowest BCUT2D eigenvalue weighted by molar-refractivity contribution is -0.160. The van der Waals surface area contributed by atoms with Gasteiger partial charge in [-0.1, -0.05) is 0 Å². The molecule has 1 fully saturated rings. The Morgan fingerprint density at radius 1 is 1.38 bits per heavy atom. The number of fused-ring (bicyclic) bond motifs is 1. The lowest BCUT2D eigenvalue weighted by Gasteiger charge is -2.34. The van der Waals surface area contributed by atoms with Crippen LogP contribution in [0.5, 0.6) is 5.75 Å². The average molecular weight is 349 g/mol. The van der Waals surface area contributed by atoms with Crippen molar-refractivity contribution in [2.24, 2.45) is 0 Å². The van der Waals surface area contributed by atoms with Crippen molar-refractivity contribution in [1.29, 1.82) is 0 Å². The summed E-state index contributed by atoms with van der Waals surface area (Å²) in [4.78, 5) is 26.3. The maximum Gasteiger partial charge on any atom is 0.334 e. The van der Waals surface area contributed by atoms with Gasteiger partial charge in [0.2, 0.25) is 0 Å². The van der Waals surface area contributed by atoms with Crippen LogP contribution in [0.25, 0.3) is 10.1 Å². The molecule has 1 N–H and O–H groups in total. The highest BCUT2D eigenvalue weighted by molar-refractivity contribution is 7.21. The minimum Gasteiger partial charge on any atom is -0.497 e. The molecule has 1 aliphatic heterocycles. The first-order valence-electron chi connectivity index (χ1n) is 7.65. The molecule has 1 aromatic heterocycles. The molecule has 0 aliphatic carbocycles. The molecule has 2 aromatic rings. The molecule has 2 atom stereocenters. The van der Waals surface area contributed by atoms with Gasteiger partial charge < -0.3 is 19.5 Å². The van der Waals surface area contributed by atoms with E-state index in [1.165, 1.54) is 11.3 Å². The fourth-order valence-electron chi connectivity index (χ4n) is 2.93. The molecule has 0 bridgehead atoms. The second-order valence-electron chi connectivity index (χ2n) is 5.90. The van der Waals surface area contributed by atoms with Crippen LogP contribution >= 0.6 is 11.3 Å². The fraction of sp³-hybridized carbons (Fsp3) is 0.412. The summed E-state index contributed by atoms with van der Waals surface area (Å²) in [6, 6.07) is 5.72. The average Bonchev–Trinajstić information content (AvgIpc) is 2.89. The van der Waals surface area contributed by atoms with Crippen molar-refractivity contribution < 1.29 is 24.2 Å². The van der Waals surface area contributed by atoms with E-state index in [9.17, 15) is 14.7 Å². The molecule has 0 saturated carbocycles. The first-order valence-corrected chi connectivity index (χ1v) is 8.47. The Kier molecular flexibility index (Phi) is 4.47. The van der Waals surface area contributed by atoms with E-state index in [2.05, 4.69) is 0 Å². The fourth-order valence-corrected chi connectivity index (χ4v) is 4.09. The van der Waals surface area contributed by atoms with E-state index in [4.69, 9.17) is 9.47 Å². The number of carboxylic acids is 1. The van der Waals surface area contributed by atoms with Gasteiger partial charge in [-0.3, -0.25) is 4.79 Å². The molecule has 1 aliphatic rings. The number of rotatable bonds is 3. The third-order valence-electron chi connectivity index (χ3n) is 4.16. The van der Waals surface area contributed by atoms with Crippen LogP contribution in [0.4, 0.5) is 0 Å². The Hall–Kier alpha value is -2.12. The maximum absolute atomic E-state index is 12.9. The van der Waals surface area contributed by atoms with E-state index < -0.39 is 12.1 Å². The van der Waals surface area contributed by atoms with Crippen LogP contribution < -0.4 is 4.74 Å². The molecule has 3 rings (SSSR count). The minimum atomic E-state index is -1.04. The van der Waals surface area contributed by atoms with Crippen molar-refractivity contribution in [1.82, 2.24) is 4.90 Å². The molecule has 128 valence electrons. The molecule has 1 aromatic carbocycles. The molecule has 1 saturated heterocycles. The van der Waals surface area contributed by atoms with Gasteiger partial charge in [-0.2, -0.15) is 0 Å². The van der Waals surface area contributed by atoms with Gasteiger partial charge in [0.1, 0.15) is 5.75 Å². The van der Waals surface area contributed by atoms with Crippen molar-refractivity contribution in [2.45, 2.75) is 26.1 Å². The SMILES string of the molecule is COc1ccc2sc(C(=O)N3CC(C(=O)O)O[C@H](C)C3)c(C)c2c1. The second kappa shape index (κ2) is 6.41. The van der Waals surface area contributed by atoms with Crippen LogP contribution in [-0.4, -0.2) is 54.3 Å². The van der Waals surface area contributed by atoms with Gasteiger partial charge in [0.15, 0.2) is 6.10 Å². The van der Waals surface area contributed by atoms with Gasteiger partial charge in [-0.15, -0.1) is 11.3 Å². The van der Waals surface area contributed by atoms with Crippen molar-refractivity contribution in [3.63, 3.8) is 0 Å².